The zero-order valence-corrected chi connectivity index (χ0v) is 11.3. The van der Waals surface area contributed by atoms with E-state index in [2.05, 4.69) is 0 Å². The maximum atomic E-state index is 12.9. The Morgan fingerprint density at radius 3 is 1.47 bits per heavy atom. The fourth-order valence-electron chi connectivity index (χ4n) is 2.09. The highest BCUT2D eigenvalue weighted by Crippen LogP contribution is 2.49. The maximum Gasteiger partial charge on any atom is 0.417 e. The Morgan fingerprint density at radius 2 is 1.24 bits per heavy atom. The molecule has 0 heterocycles. The lowest BCUT2D eigenvalue weighted by molar-refractivity contribution is -0.295. The summed E-state index contributed by atoms with van der Waals surface area (Å²) in [5, 5.41) is 9.90. The van der Waals surface area contributed by atoms with Crippen LogP contribution in [0.4, 0.5) is 13.2 Å². The number of halogens is 3. The second-order valence-corrected chi connectivity index (χ2v) is 5.34. The Kier molecular flexibility index (Phi) is 5.99. The van der Waals surface area contributed by atoms with Crippen molar-refractivity contribution in [2.45, 2.75) is 78.0 Å². The molecule has 0 saturated carbocycles. The van der Waals surface area contributed by atoms with Gasteiger partial charge in [-0.25, -0.2) is 0 Å². The molecule has 17 heavy (non-hydrogen) atoms. The molecule has 104 valence electrons. The SMILES string of the molecule is CCCCC(C)(CCCC)[C@@](C)(O)C(F)(F)F. The van der Waals surface area contributed by atoms with Crippen molar-refractivity contribution < 1.29 is 18.3 Å². The normalized spacial score (nSPS) is 16.9. The highest BCUT2D eigenvalue weighted by molar-refractivity contribution is 4.97. The van der Waals surface area contributed by atoms with Gasteiger partial charge >= 0.3 is 6.18 Å². The van der Waals surface area contributed by atoms with Crippen molar-refractivity contribution in [3.8, 4) is 0 Å². The summed E-state index contributed by atoms with van der Waals surface area (Å²) in [6.45, 7) is 6.37. The quantitative estimate of drug-likeness (QED) is 0.699. The van der Waals surface area contributed by atoms with E-state index in [0.717, 1.165) is 19.8 Å². The molecular weight excluding hydrogens is 229 g/mol. The molecule has 0 unspecified atom stereocenters. The summed E-state index contributed by atoms with van der Waals surface area (Å²) < 4.78 is 38.8. The Labute approximate surface area is 102 Å². The topological polar surface area (TPSA) is 20.2 Å². The van der Waals surface area contributed by atoms with Crippen molar-refractivity contribution in [3.05, 3.63) is 0 Å². The zero-order valence-electron chi connectivity index (χ0n) is 11.3. The molecule has 0 aromatic carbocycles. The van der Waals surface area contributed by atoms with Crippen molar-refractivity contribution in [1.82, 2.24) is 0 Å². The first kappa shape index (κ1) is 16.8. The highest BCUT2D eigenvalue weighted by atomic mass is 19.4. The molecule has 4 heteroatoms. The first-order valence-corrected chi connectivity index (χ1v) is 6.41. The fraction of sp³-hybridized carbons (Fsp3) is 1.00. The number of unbranched alkanes of at least 4 members (excludes halogenated alkanes) is 2. The Morgan fingerprint density at radius 1 is 0.882 bits per heavy atom. The van der Waals surface area contributed by atoms with E-state index in [0.29, 0.717) is 25.7 Å². The second kappa shape index (κ2) is 6.07. The van der Waals surface area contributed by atoms with E-state index in [1.54, 1.807) is 6.92 Å². The summed E-state index contributed by atoms with van der Waals surface area (Å²) in [6.07, 6.45) is -0.626. The van der Waals surface area contributed by atoms with E-state index >= 15 is 0 Å². The molecule has 0 bridgehead atoms. The van der Waals surface area contributed by atoms with E-state index in [-0.39, 0.29) is 0 Å². The van der Waals surface area contributed by atoms with Crippen molar-refractivity contribution in [2.24, 2.45) is 5.41 Å². The van der Waals surface area contributed by atoms with Gasteiger partial charge in [0.2, 0.25) is 0 Å². The van der Waals surface area contributed by atoms with Crippen LogP contribution in [0.2, 0.25) is 0 Å². The van der Waals surface area contributed by atoms with Gasteiger partial charge in [-0.1, -0.05) is 46.5 Å². The summed E-state index contributed by atoms with van der Waals surface area (Å²) in [4.78, 5) is 0. The third-order valence-corrected chi connectivity index (χ3v) is 3.89. The van der Waals surface area contributed by atoms with Crippen LogP contribution in [-0.2, 0) is 0 Å². The van der Waals surface area contributed by atoms with Gasteiger partial charge in [-0.2, -0.15) is 13.2 Å². The third kappa shape index (κ3) is 3.87. The molecule has 0 aromatic heterocycles. The molecule has 0 aliphatic rings. The standard InChI is InChI=1S/C13H25F3O/c1-5-7-9-11(3,10-8-6-2)12(4,17)13(14,15)16/h17H,5-10H2,1-4H3/t12-/m1/s1. The zero-order chi connectivity index (χ0) is 13.7. The summed E-state index contributed by atoms with van der Waals surface area (Å²) in [7, 11) is 0. The van der Waals surface area contributed by atoms with Crippen LogP contribution in [0.25, 0.3) is 0 Å². The van der Waals surface area contributed by atoms with Crippen LogP contribution < -0.4 is 0 Å². The van der Waals surface area contributed by atoms with Crippen LogP contribution in [-0.4, -0.2) is 16.9 Å². The van der Waals surface area contributed by atoms with Gasteiger partial charge in [0.15, 0.2) is 5.60 Å². The lowest BCUT2D eigenvalue weighted by Crippen LogP contribution is -2.55. The highest BCUT2D eigenvalue weighted by Gasteiger charge is 2.59. The number of aliphatic hydroxyl groups is 1. The largest absolute Gasteiger partial charge is 0.417 e. The molecule has 0 amide bonds. The van der Waals surface area contributed by atoms with E-state index in [4.69, 9.17) is 0 Å². The molecule has 1 nitrogen and oxygen atoms in total. The monoisotopic (exact) mass is 254 g/mol. The molecular formula is C13H25F3O. The summed E-state index contributed by atoms with van der Waals surface area (Å²) >= 11 is 0. The predicted octanol–water partition coefficient (Wildman–Crippen LogP) is 4.69. The fourth-order valence-corrected chi connectivity index (χ4v) is 2.09. The average Bonchev–Trinajstić information content (AvgIpc) is 2.21. The first-order chi connectivity index (χ1) is 7.62. The van der Waals surface area contributed by atoms with Gasteiger partial charge in [-0.05, 0) is 19.8 Å². The van der Waals surface area contributed by atoms with Crippen molar-refractivity contribution in [3.63, 3.8) is 0 Å². The molecule has 1 atom stereocenters. The van der Waals surface area contributed by atoms with Crippen LogP contribution in [0, 0.1) is 5.41 Å². The number of alkyl halides is 3. The van der Waals surface area contributed by atoms with Crippen molar-refractivity contribution in [2.75, 3.05) is 0 Å². The van der Waals surface area contributed by atoms with Gasteiger partial charge in [-0.3, -0.25) is 0 Å². The maximum absolute atomic E-state index is 12.9. The van der Waals surface area contributed by atoms with Gasteiger partial charge in [0.1, 0.15) is 0 Å². The smallest absolute Gasteiger partial charge is 0.380 e. The van der Waals surface area contributed by atoms with Crippen LogP contribution in [0.15, 0.2) is 0 Å². The first-order valence-electron chi connectivity index (χ1n) is 6.41. The third-order valence-electron chi connectivity index (χ3n) is 3.89. The molecule has 0 saturated heterocycles. The summed E-state index contributed by atoms with van der Waals surface area (Å²) in [6, 6.07) is 0. The van der Waals surface area contributed by atoms with Gasteiger partial charge in [0, 0.05) is 5.41 Å². The van der Waals surface area contributed by atoms with Gasteiger partial charge in [0.05, 0.1) is 0 Å². The molecule has 0 rings (SSSR count). The number of hydrogen-bond acceptors (Lipinski definition) is 1. The van der Waals surface area contributed by atoms with E-state index in [1.807, 2.05) is 13.8 Å². The Bertz CT molecular complexity index is 213. The minimum Gasteiger partial charge on any atom is -0.380 e. The summed E-state index contributed by atoms with van der Waals surface area (Å²) in [5.41, 5.74) is -3.69. The molecule has 1 N–H and O–H groups in total. The predicted molar refractivity (Wildman–Crippen MR) is 63.8 cm³/mol. The van der Waals surface area contributed by atoms with Gasteiger partial charge in [-0.15, -0.1) is 0 Å². The van der Waals surface area contributed by atoms with Gasteiger partial charge in [0.25, 0.3) is 0 Å². The molecule has 0 radical (unpaired) electrons. The molecule has 0 spiro atoms. The molecule has 0 fully saturated rings. The minimum absolute atomic E-state index is 0.413. The average molecular weight is 254 g/mol. The van der Waals surface area contributed by atoms with Crippen LogP contribution in [0.5, 0.6) is 0 Å². The molecule has 0 aliphatic heterocycles. The van der Waals surface area contributed by atoms with Crippen LogP contribution in [0.1, 0.15) is 66.2 Å². The van der Waals surface area contributed by atoms with Crippen molar-refractivity contribution in [1.29, 1.82) is 0 Å². The molecule has 0 aromatic rings. The van der Waals surface area contributed by atoms with Crippen LogP contribution >= 0.6 is 0 Å². The van der Waals surface area contributed by atoms with E-state index < -0.39 is 17.2 Å². The number of hydrogen-bond donors (Lipinski definition) is 1. The van der Waals surface area contributed by atoms with Crippen molar-refractivity contribution >= 4 is 0 Å². The van der Waals surface area contributed by atoms with E-state index in [9.17, 15) is 18.3 Å². The molecule has 0 aliphatic carbocycles. The second-order valence-electron chi connectivity index (χ2n) is 5.34. The lowest BCUT2D eigenvalue weighted by atomic mass is 9.67. The van der Waals surface area contributed by atoms with Gasteiger partial charge < -0.3 is 5.11 Å². The Hall–Kier alpha value is -0.250. The summed E-state index contributed by atoms with van der Waals surface area (Å²) in [5.74, 6) is 0. The number of rotatable bonds is 7. The van der Waals surface area contributed by atoms with Crippen LogP contribution in [0.3, 0.4) is 0 Å². The Balaban J connectivity index is 5.00. The lowest BCUT2D eigenvalue weighted by Gasteiger charge is -2.44. The van der Waals surface area contributed by atoms with E-state index in [1.165, 1.54) is 0 Å². The minimum atomic E-state index is -4.57.